The fraction of sp³-hybridized carbons (Fsp3) is 0.500. The number of ether oxygens (including phenoxy) is 1. The molecular formula is C30H39N3O4S. The van der Waals surface area contributed by atoms with Gasteiger partial charge in [0.2, 0.25) is 15.9 Å². The molecule has 204 valence electrons. The van der Waals surface area contributed by atoms with Crippen molar-refractivity contribution in [1.82, 2.24) is 14.2 Å². The summed E-state index contributed by atoms with van der Waals surface area (Å²) in [5, 5.41) is 1.00. The van der Waals surface area contributed by atoms with Crippen molar-refractivity contribution < 1.29 is 17.9 Å². The largest absolute Gasteiger partial charge is 0.371 e. The van der Waals surface area contributed by atoms with E-state index in [4.69, 9.17) is 4.74 Å². The summed E-state index contributed by atoms with van der Waals surface area (Å²) in [5.74, 6) is 0.153. The first-order valence-electron chi connectivity index (χ1n) is 13.9. The van der Waals surface area contributed by atoms with Gasteiger partial charge in [-0.2, -0.15) is 0 Å². The van der Waals surface area contributed by atoms with Crippen LogP contribution in [0.15, 0.2) is 59.5 Å². The molecule has 0 radical (unpaired) electrons. The smallest absolute Gasteiger partial charge is 0.240 e. The first-order valence-corrected chi connectivity index (χ1v) is 15.3. The maximum atomic E-state index is 13.3. The molecule has 0 spiro atoms. The first kappa shape index (κ1) is 26.9. The van der Waals surface area contributed by atoms with Gasteiger partial charge in [0.05, 0.1) is 17.1 Å². The molecule has 1 aliphatic heterocycles. The standard InChI is InChI=1S/C30H39N3O4S/c1-4-30(5-2)21-33(17-18-37-30)29(34)23-11-14-25(15-12-23)31-38(35,36)26-16-13-24-19-27(32(3)28(24)20-26)22-9-7-6-8-10-22/h6-10,13,16,19-20,23,25,31H,4-5,11-12,14-15,17-18,21H2,1-3H3/t23-,25-. The van der Waals surface area contributed by atoms with Crippen LogP contribution in [0.3, 0.4) is 0 Å². The molecule has 1 N–H and O–H groups in total. The Morgan fingerprint density at radius 3 is 2.42 bits per heavy atom. The van der Waals surface area contributed by atoms with Gasteiger partial charge in [-0.25, -0.2) is 13.1 Å². The van der Waals surface area contributed by atoms with Gasteiger partial charge in [0.25, 0.3) is 0 Å². The van der Waals surface area contributed by atoms with Gasteiger partial charge in [-0.1, -0.05) is 50.2 Å². The van der Waals surface area contributed by atoms with Crippen molar-refractivity contribution in [2.24, 2.45) is 13.0 Å². The van der Waals surface area contributed by atoms with Gasteiger partial charge in [-0.05, 0) is 62.3 Å². The monoisotopic (exact) mass is 537 g/mol. The molecule has 7 nitrogen and oxygen atoms in total. The summed E-state index contributed by atoms with van der Waals surface area (Å²) in [7, 11) is -1.71. The second-order valence-electron chi connectivity index (χ2n) is 10.8. The third-order valence-electron chi connectivity index (χ3n) is 8.64. The Morgan fingerprint density at radius 1 is 1.03 bits per heavy atom. The van der Waals surface area contributed by atoms with Crippen LogP contribution in [0.25, 0.3) is 22.2 Å². The van der Waals surface area contributed by atoms with Crippen LogP contribution in [0.2, 0.25) is 0 Å². The number of rotatable bonds is 7. The van der Waals surface area contributed by atoms with Crippen molar-refractivity contribution in [2.75, 3.05) is 19.7 Å². The van der Waals surface area contributed by atoms with Crippen LogP contribution < -0.4 is 4.72 Å². The summed E-state index contributed by atoms with van der Waals surface area (Å²) in [4.78, 5) is 15.5. The zero-order valence-electron chi connectivity index (χ0n) is 22.7. The lowest BCUT2D eigenvalue weighted by Crippen LogP contribution is -2.54. The topological polar surface area (TPSA) is 80.6 Å². The molecule has 2 aliphatic rings. The highest BCUT2D eigenvalue weighted by atomic mass is 32.2. The van der Waals surface area contributed by atoms with Gasteiger partial charge >= 0.3 is 0 Å². The molecule has 0 unspecified atom stereocenters. The van der Waals surface area contributed by atoms with Crippen molar-refractivity contribution in [3.8, 4) is 11.3 Å². The van der Waals surface area contributed by atoms with E-state index in [2.05, 4.69) is 36.8 Å². The van der Waals surface area contributed by atoms with Gasteiger partial charge in [-0.15, -0.1) is 0 Å². The van der Waals surface area contributed by atoms with E-state index in [9.17, 15) is 13.2 Å². The number of amides is 1. The number of carbonyl (C=O) groups excluding carboxylic acids is 1. The summed E-state index contributed by atoms with van der Waals surface area (Å²) in [5.41, 5.74) is 2.78. The molecule has 2 fully saturated rings. The lowest BCUT2D eigenvalue weighted by atomic mass is 9.85. The minimum Gasteiger partial charge on any atom is -0.371 e. The number of nitrogens with zero attached hydrogens (tertiary/aromatic N) is 2. The van der Waals surface area contributed by atoms with Crippen molar-refractivity contribution in [3.63, 3.8) is 0 Å². The lowest BCUT2D eigenvalue weighted by Gasteiger charge is -2.43. The highest BCUT2D eigenvalue weighted by molar-refractivity contribution is 7.89. The third kappa shape index (κ3) is 5.26. The SMILES string of the molecule is CCC1(CC)CN(C(=O)[C@H]2CC[C@H](NS(=O)(=O)c3ccc4cc(-c5ccccc5)n(C)c4c3)CC2)CCO1. The van der Waals surface area contributed by atoms with Crippen LogP contribution in [0.1, 0.15) is 52.4 Å². The maximum Gasteiger partial charge on any atom is 0.240 e. The third-order valence-corrected chi connectivity index (χ3v) is 10.2. The fourth-order valence-corrected chi connectivity index (χ4v) is 7.40. The summed E-state index contributed by atoms with van der Waals surface area (Å²) in [6.07, 6.45) is 4.51. The van der Waals surface area contributed by atoms with Gasteiger partial charge in [0.1, 0.15) is 0 Å². The Bertz CT molecular complexity index is 1390. The van der Waals surface area contributed by atoms with Crippen LogP contribution in [0, 0.1) is 5.92 Å². The Hall–Kier alpha value is -2.68. The highest BCUT2D eigenvalue weighted by Crippen LogP contribution is 2.32. The quantitative estimate of drug-likeness (QED) is 0.455. The maximum absolute atomic E-state index is 13.3. The molecule has 1 saturated heterocycles. The highest BCUT2D eigenvalue weighted by Gasteiger charge is 2.38. The fourth-order valence-electron chi connectivity index (χ4n) is 6.08. The van der Waals surface area contributed by atoms with Gasteiger partial charge in [0.15, 0.2) is 0 Å². The number of fused-ring (bicyclic) bond motifs is 1. The van der Waals surface area contributed by atoms with Crippen molar-refractivity contribution in [1.29, 1.82) is 0 Å². The summed E-state index contributed by atoms with van der Waals surface area (Å²) in [6, 6.07) is 17.3. The van der Waals surface area contributed by atoms with Crippen molar-refractivity contribution in [2.45, 2.75) is 68.9 Å². The van der Waals surface area contributed by atoms with E-state index in [1.54, 1.807) is 12.1 Å². The Labute approximate surface area is 226 Å². The van der Waals surface area contributed by atoms with Crippen LogP contribution in [-0.2, 0) is 26.6 Å². The van der Waals surface area contributed by atoms with E-state index in [-0.39, 0.29) is 28.4 Å². The van der Waals surface area contributed by atoms with Crippen LogP contribution >= 0.6 is 0 Å². The van der Waals surface area contributed by atoms with Crippen LogP contribution in [0.5, 0.6) is 0 Å². The molecule has 8 heteroatoms. The average molecular weight is 538 g/mol. The molecule has 0 bridgehead atoms. The predicted molar refractivity (Wildman–Crippen MR) is 150 cm³/mol. The normalized spacial score (nSPS) is 22.0. The predicted octanol–water partition coefficient (Wildman–Crippen LogP) is 5.10. The van der Waals surface area contributed by atoms with E-state index in [1.807, 2.05) is 40.8 Å². The number of carbonyl (C=O) groups is 1. The Morgan fingerprint density at radius 2 is 1.74 bits per heavy atom. The number of aromatic nitrogens is 1. The number of hydrogen-bond acceptors (Lipinski definition) is 4. The molecule has 1 aliphatic carbocycles. The molecule has 1 aromatic heterocycles. The molecule has 1 amide bonds. The number of benzene rings is 2. The molecule has 38 heavy (non-hydrogen) atoms. The van der Waals surface area contributed by atoms with Crippen molar-refractivity contribution in [3.05, 3.63) is 54.6 Å². The number of nitrogens with one attached hydrogen (secondary N) is 1. The second-order valence-corrected chi connectivity index (χ2v) is 12.6. The molecule has 5 rings (SSSR count). The Kier molecular flexibility index (Phi) is 7.67. The van der Waals surface area contributed by atoms with Crippen LogP contribution in [-0.4, -0.2) is 55.1 Å². The van der Waals surface area contributed by atoms with Gasteiger partial charge in [-0.3, -0.25) is 4.79 Å². The molecular weight excluding hydrogens is 498 g/mol. The van der Waals surface area contributed by atoms with Gasteiger partial charge < -0.3 is 14.2 Å². The first-order chi connectivity index (χ1) is 18.2. The number of hydrogen-bond donors (Lipinski definition) is 1. The summed E-state index contributed by atoms with van der Waals surface area (Å²) >= 11 is 0. The van der Waals surface area contributed by atoms with E-state index in [1.165, 1.54) is 0 Å². The summed E-state index contributed by atoms with van der Waals surface area (Å²) in [6.45, 7) is 6.11. The van der Waals surface area contributed by atoms with Crippen molar-refractivity contribution >= 4 is 26.8 Å². The molecule has 3 aromatic rings. The lowest BCUT2D eigenvalue weighted by molar-refractivity contribution is -0.156. The van der Waals surface area contributed by atoms with E-state index >= 15 is 0 Å². The second kappa shape index (κ2) is 10.8. The Balaban J connectivity index is 1.23. The molecule has 2 aromatic carbocycles. The minimum absolute atomic E-state index is 0.0450. The number of sulfonamides is 1. The number of morpholine rings is 1. The van der Waals surface area contributed by atoms with E-state index < -0.39 is 10.0 Å². The zero-order chi connectivity index (χ0) is 26.9. The minimum atomic E-state index is -3.68. The summed E-state index contributed by atoms with van der Waals surface area (Å²) < 4.78 is 37.6. The van der Waals surface area contributed by atoms with Crippen LogP contribution in [0.4, 0.5) is 0 Å². The molecule has 0 atom stereocenters. The molecule has 2 heterocycles. The van der Waals surface area contributed by atoms with Gasteiger partial charge in [0, 0.05) is 48.7 Å². The van der Waals surface area contributed by atoms with E-state index in [0.717, 1.165) is 35.0 Å². The van der Waals surface area contributed by atoms with E-state index in [0.29, 0.717) is 45.4 Å². The average Bonchev–Trinajstić information content (AvgIpc) is 3.29. The number of aryl methyl sites for hydroxylation is 1. The zero-order valence-corrected chi connectivity index (χ0v) is 23.5. The molecule has 1 saturated carbocycles.